The molecule has 0 bridgehead atoms. The number of halogens is 5. The highest BCUT2D eigenvalue weighted by Crippen LogP contribution is 2.41. The summed E-state index contributed by atoms with van der Waals surface area (Å²) in [6.45, 7) is 0.203. The van der Waals surface area contributed by atoms with Crippen LogP contribution >= 0.6 is 23.2 Å². The molecule has 0 aliphatic carbocycles. The first-order valence-electron chi connectivity index (χ1n) is 7.26. The van der Waals surface area contributed by atoms with Crippen LogP contribution in [0.5, 0.6) is 0 Å². The fourth-order valence-electron chi connectivity index (χ4n) is 2.66. The summed E-state index contributed by atoms with van der Waals surface area (Å²) in [5, 5.41) is 3.37. The van der Waals surface area contributed by atoms with Gasteiger partial charge in [-0.2, -0.15) is 13.2 Å². The van der Waals surface area contributed by atoms with Gasteiger partial charge in [-0.15, -0.1) is 0 Å². The van der Waals surface area contributed by atoms with Crippen LogP contribution in [0, 0.1) is 0 Å². The molecule has 0 atom stereocenters. The molecule has 2 rings (SSSR count). The number of likely N-dealkylation sites (tertiary alicyclic amines) is 1. The molecule has 1 heterocycles. The first kappa shape index (κ1) is 19.3. The Labute approximate surface area is 147 Å². The largest absolute Gasteiger partial charge is 0.417 e. The van der Waals surface area contributed by atoms with Gasteiger partial charge < -0.3 is 10.1 Å². The van der Waals surface area contributed by atoms with Crippen molar-refractivity contribution >= 4 is 34.8 Å². The van der Waals surface area contributed by atoms with Gasteiger partial charge >= 0.3 is 6.18 Å². The third-order valence-corrected chi connectivity index (χ3v) is 4.71. The molecule has 0 spiro atoms. The van der Waals surface area contributed by atoms with E-state index in [1.807, 2.05) is 0 Å². The molecule has 4 nitrogen and oxygen atoms in total. The number of nitrogens with zero attached hydrogens (tertiary/aromatic N) is 1. The molecule has 1 aromatic rings. The predicted octanol–water partition coefficient (Wildman–Crippen LogP) is 3.98. The van der Waals surface area contributed by atoms with E-state index in [1.54, 1.807) is 17.0 Å². The third-order valence-electron chi connectivity index (χ3n) is 4.14. The molecule has 1 N–H and O–H groups in total. The Morgan fingerprint density at radius 2 is 1.96 bits per heavy atom. The van der Waals surface area contributed by atoms with E-state index in [0.717, 1.165) is 7.11 Å². The van der Waals surface area contributed by atoms with Crippen molar-refractivity contribution in [2.24, 2.45) is 0 Å². The maximum Gasteiger partial charge on any atom is 0.417 e. The molecule has 1 amide bonds. The molecule has 0 unspecified atom stereocenters. The number of hydrogen-bond donors (Lipinski definition) is 1. The summed E-state index contributed by atoms with van der Waals surface area (Å²) in [6, 6.07) is 4.65. The van der Waals surface area contributed by atoms with Gasteiger partial charge in [0.05, 0.1) is 17.3 Å². The average Bonchev–Trinajstić information content (AvgIpc) is 2.50. The van der Waals surface area contributed by atoms with Crippen LogP contribution in [-0.2, 0) is 9.53 Å². The Morgan fingerprint density at radius 3 is 2.50 bits per heavy atom. The Hall–Kier alpha value is -1.02. The lowest BCUT2D eigenvalue weighted by molar-refractivity contribution is -0.282. The second-order valence-electron chi connectivity index (χ2n) is 5.64. The van der Waals surface area contributed by atoms with Gasteiger partial charge in [-0.05, 0) is 31.0 Å². The summed E-state index contributed by atoms with van der Waals surface area (Å²) in [7, 11) is 1.07. The lowest BCUT2D eigenvalue weighted by Gasteiger charge is -2.41. The fourth-order valence-corrected chi connectivity index (χ4v) is 3.00. The highest BCUT2D eigenvalue weighted by atomic mass is 35.5. The molecule has 0 saturated carbocycles. The Morgan fingerprint density at radius 1 is 1.33 bits per heavy atom. The Balaban J connectivity index is 1.92. The maximum atomic E-state index is 13.1. The SMILES string of the molecule is COC1(C(F)(F)F)CCN(CC(=O)Nc2cc(Cl)ccc2Cl)CC1. The van der Waals surface area contributed by atoms with Crippen LogP contribution in [0.15, 0.2) is 18.2 Å². The smallest absolute Gasteiger partial charge is 0.369 e. The van der Waals surface area contributed by atoms with Gasteiger partial charge in [0, 0.05) is 25.2 Å². The van der Waals surface area contributed by atoms with E-state index >= 15 is 0 Å². The molecule has 0 aromatic heterocycles. The number of rotatable bonds is 4. The molecule has 0 radical (unpaired) electrons. The second-order valence-corrected chi connectivity index (χ2v) is 6.49. The van der Waals surface area contributed by atoms with Crippen LogP contribution in [0.25, 0.3) is 0 Å². The summed E-state index contributed by atoms with van der Waals surface area (Å²) in [5.74, 6) is -0.365. The minimum atomic E-state index is -4.43. The van der Waals surface area contributed by atoms with Gasteiger partial charge in [0.2, 0.25) is 5.91 Å². The van der Waals surface area contributed by atoms with Crippen molar-refractivity contribution in [3.63, 3.8) is 0 Å². The predicted molar refractivity (Wildman–Crippen MR) is 86.6 cm³/mol. The van der Waals surface area contributed by atoms with Crippen LogP contribution in [-0.4, -0.2) is 49.3 Å². The minimum absolute atomic E-state index is 0.0273. The number of hydrogen-bond acceptors (Lipinski definition) is 3. The Kier molecular flexibility index (Phi) is 6.01. The molecule has 1 aliphatic heterocycles. The molecule has 1 fully saturated rings. The molecule has 134 valence electrons. The van der Waals surface area contributed by atoms with Gasteiger partial charge in [-0.3, -0.25) is 9.69 Å². The van der Waals surface area contributed by atoms with E-state index in [2.05, 4.69) is 5.32 Å². The number of alkyl halides is 3. The highest BCUT2D eigenvalue weighted by Gasteiger charge is 2.56. The zero-order chi connectivity index (χ0) is 18.0. The monoisotopic (exact) mass is 384 g/mol. The van der Waals surface area contributed by atoms with Crippen molar-refractivity contribution in [2.45, 2.75) is 24.6 Å². The Bertz CT molecular complexity index is 603. The molecule has 9 heteroatoms. The molecule has 24 heavy (non-hydrogen) atoms. The number of nitrogens with one attached hydrogen (secondary N) is 1. The minimum Gasteiger partial charge on any atom is -0.369 e. The molecular formula is C15H17Cl2F3N2O2. The lowest BCUT2D eigenvalue weighted by atomic mass is 9.90. The van der Waals surface area contributed by atoms with Gasteiger partial charge in [0.1, 0.15) is 0 Å². The number of methoxy groups -OCH3 is 1. The van der Waals surface area contributed by atoms with Crippen LogP contribution in [0.2, 0.25) is 10.0 Å². The van der Waals surface area contributed by atoms with Crippen LogP contribution < -0.4 is 5.32 Å². The summed E-state index contributed by atoms with van der Waals surface area (Å²) in [4.78, 5) is 13.7. The van der Waals surface area contributed by atoms with Gasteiger partial charge in [-0.25, -0.2) is 0 Å². The first-order valence-corrected chi connectivity index (χ1v) is 8.01. The zero-order valence-corrected chi connectivity index (χ0v) is 14.4. The first-order chi connectivity index (χ1) is 11.2. The maximum absolute atomic E-state index is 13.1. The summed E-state index contributed by atoms with van der Waals surface area (Å²) in [6.07, 6.45) is -4.85. The van der Waals surface area contributed by atoms with E-state index in [9.17, 15) is 18.0 Å². The van der Waals surface area contributed by atoms with Gasteiger partial charge in [0.25, 0.3) is 0 Å². The summed E-state index contributed by atoms with van der Waals surface area (Å²) in [5.41, 5.74) is -1.76. The fraction of sp³-hybridized carbons (Fsp3) is 0.533. The average molecular weight is 385 g/mol. The van der Waals surface area contributed by atoms with E-state index in [1.165, 1.54) is 6.07 Å². The normalized spacial score (nSPS) is 18.4. The number of anilines is 1. The topological polar surface area (TPSA) is 41.6 Å². The molecular weight excluding hydrogens is 368 g/mol. The number of carbonyl (C=O) groups excluding carboxylic acids is 1. The summed E-state index contributed by atoms with van der Waals surface area (Å²) >= 11 is 11.8. The highest BCUT2D eigenvalue weighted by molar-refractivity contribution is 6.35. The van der Waals surface area contributed by atoms with E-state index in [4.69, 9.17) is 27.9 Å². The van der Waals surface area contributed by atoms with E-state index in [0.29, 0.717) is 15.7 Å². The number of benzene rings is 1. The van der Waals surface area contributed by atoms with Crippen molar-refractivity contribution in [3.8, 4) is 0 Å². The number of amides is 1. The molecule has 1 aromatic carbocycles. The summed E-state index contributed by atoms with van der Waals surface area (Å²) < 4.78 is 44.1. The van der Waals surface area contributed by atoms with E-state index < -0.39 is 11.8 Å². The third kappa shape index (κ3) is 4.33. The van der Waals surface area contributed by atoms with Crippen LogP contribution in [0.4, 0.5) is 18.9 Å². The van der Waals surface area contributed by atoms with Crippen LogP contribution in [0.1, 0.15) is 12.8 Å². The van der Waals surface area contributed by atoms with Crippen LogP contribution in [0.3, 0.4) is 0 Å². The standard InChI is InChI=1S/C15H17Cl2F3N2O2/c1-24-14(15(18,19)20)4-6-22(7-5-14)9-13(23)21-12-8-10(16)2-3-11(12)17/h2-3,8H,4-7,9H2,1H3,(H,21,23). The molecule has 1 aliphatic rings. The van der Waals surface area contributed by atoms with Crippen molar-refractivity contribution in [1.29, 1.82) is 0 Å². The van der Waals surface area contributed by atoms with Crippen molar-refractivity contribution < 1.29 is 22.7 Å². The number of carbonyl (C=O) groups is 1. The van der Waals surface area contributed by atoms with E-state index in [-0.39, 0.29) is 38.4 Å². The van der Waals surface area contributed by atoms with Crippen molar-refractivity contribution in [2.75, 3.05) is 32.1 Å². The quantitative estimate of drug-likeness (QED) is 0.853. The molecule has 1 saturated heterocycles. The lowest BCUT2D eigenvalue weighted by Crippen LogP contribution is -2.55. The number of piperidine rings is 1. The van der Waals surface area contributed by atoms with Crippen molar-refractivity contribution in [1.82, 2.24) is 4.90 Å². The second kappa shape index (κ2) is 7.47. The zero-order valence-electron chi connectivity index (χ0n) is 12.9. The van der Waals surface area contributed by atoms with Crippen molar-refractivity contribution in [3.05, 3.63) is 28.2 Å². The number of ether oxygens (including phenoxy) is 1. The van der Waals surface area contributed by atoms with Gasteiger partial charge in [-0.1, -0.05) is 23.2 Å². The van der Waals surface area contributed by atoms with Gasteiger partial charge in [0.15, 0.2) is 5.60 Å².